The third kappa shape index (κ3) is 3.29. The number of hydrogen-bond donors (Lipinski definition) is 2. The lowest BCUT2D eigenvalue weighted by atomic mass is 10.2. The molecule has 2 rings (SSSR count). The van der Waals surface area contributed by atoms with Crippen LogP contribution in [0.1, 0.15) is 5.56 Å². The van der Waals surface area contributed by atoms with Gasteiger partial charge in [0.05, 0.1) is 17.8 Å². The largest absolute Gasteiger partial charge is 0.416 e. The molecule has 0 saturated heterocycles. The Morgan fingerprint density at radius 2 is 1.82 bits per heavy atom. The minimum Gasteiger partial charge on any atom is -0.299 e. The first-order valence-corrected chi connectivity index (χ1v) is 5.91. The Bertz CT molecular complexity index is 414. The molecule has 0 amide bonds. The number of alkyl halides is 3. The van der Waals surface area contributed by atoms with Crippen molar-refractivity contribution in [3.05, 3.63) is 29.8 Å². The number of thioether (sulfide) groups is 1. The van der Waals surface area contributed by atoms with Gasteiger partial charge in [0.15, 0.2) is 5.17 Å². The van der Waals surface area contributed by atoms with Crippen LogP contribution in [-0.2, 0) is 6.18 Å². The van der Waals surface area contributed by atoms with Crippen molar-refractivity contribution in [2.24, 2.45) is 4.99 Å². The highest BCUT2D eigenvalue weighted by Gasteiger charge is 2.29. The Morgan fingerprint density at radius 3 is 2.35 bits per heavy atom. The molecule has 0 spiro atoms. The van der Waals surface area contributed by atoms with Gasteiger partial charge in [-0.05, 0) is 24.3 Å². The van der Waals surface area contributed by atoms with Gasteiger partial charge in [-0.25, -0.2) is 0 Å². The highest BCUT2D eigenvalue weighted by Crippen LogP contribution is 2.29. The van der Waals surface area contributed by atoms with E-state index in [0.29, 0.717) is 5.69 Å². The zero-order valence-corrected chi connectivity index (χ0v) is 9.53. The molecule has 0 atom stereocenters. The van der Waals surface area contributed by atoms with Gasteiger partial charge in [-0.3, -0.25) is 15.8 Å². The summed E-state index contributed by atoms with van der Waals surface area (Å²) < 4.78 is 36.9. The molecule has 0 unspecified atom stereocenters. The van der Waals surface area contributed by atoms with Gasteiger partial charge in [0, 0.05) is 5.75 Å². The molecule has 0 fully saturated rings. The van der Waals surface area contributed by atoms with E-state index in [-0.39, 0.29) is 0 Å². The first-order chi connectivity index (χ1) is 8.05. The van der Waals surface area contributed by atoms with E-state index >= 15 is 0 Å². The lowest BCUT2D eigenvalue weighted by Gasteiger charge is -2.10. The van der Waals surface area contributed by atoms with Gasteiger partial charge in [-0.15, -0.1) is 0 Å². The number of hydrazine groups is 1. The fourth-order valence-electron chi connectivity index (χ4n) is 1.28. The van der Waals surface area contributed by atoms with E-state index in [9.17, 15) is 13.2 Å². The van der Waals surface area contributed by atoms with Crippen LogP contribution in [0.5, 0.6) is 0 Å². The van der Waals surface area contributed by atoms with E-state index in [0.717, 1.165) is 29.6 Å². The van der Waals surface area contributed by atoms with Crippen LogP contribution in [0, 0.1) is 0 Å². The summed E-state index contributed by atoms with van der Waals surface area (Å²) >= 11 is 1.57. The highest BCUT2D eigenvalue weighted by atomic mass is 32.2. The lowest BCUT2D eigenvalue weighted by Crippen LogP contribution is -2.25. The number of amidine groups is 1. The van der Waals surface area contributed by atoms with Gasteiger partial charge in [-0.2, -0.15) is 13.2 Å². The number of nitrogens with zero attached hydrogens (tertiary/aromatic N) is 1. The smallest absolute Gasteiger partial charge is 0.299 e. The zero-order chi connectivity index (χ0) is 12.3. The van der Waals surface area contributed by atoms with Gasteiger partial charge in [0.1, 0.15) is 0 Å². The van der Waals surface area contributed by atoms with Crippen molar-refractivity contribution in [1.29, 1.82) is 0 Å². The van der Waals surface area contributed by atoms with Crippen LogP contribution in [-0.4, -0.2) is 17.5 Å². The predicted molar refractivity (Wildman–Crippen MR) is 63.0 cm³/mol. The molecule has 2 N–H and O–H groups in total. The average Bonchev–Trinajstić information content (AvgIpc) is 2.78. The van der Waals surface area contributed by atoms with Crippen molar-refractivity contribution in [1.82, 2.24) is 5.43 Å². The Labute approximate surface area is 100 Å². The van der Waals surface area contributed by atoms with Crippen LogP contribution in [0.2, 0.25) is 0 Å². The second-order valence-corrected chi connectivity index (χ2v) is 4.44. The van der Waals surface area contributed by atoms with Crippen molar-refractivity contribution in [2.75, 3.05) is 17.7 Å². The van der Waals surface area contributed by atoms with Gasteiger partial charge in [-0.1, -0.05) is 11.8 Å². The maximum Gasteiger partial charge on any atom is 0.416 e. The molecule has 3 nitrogen and oxygen atoms in total. The standard InChI is InChI=1S/C10H10F3N3S/c11-10(12,13)7-1-3-8(4-2-7)15-16-9-14-5-6-17-9/h1-4,15H,5-6H2,(H,14,16). The summed E-state index contributed by atoms with van der Waals surface area (Å²) in [6, 6.07) is 4.81. The molecule has 0 aliphatic carbocycles. The molecule has 1 heterocycles. The van der Waals surface area contributed by atoms with E-state index in [1.165, 1.54) is 12.1 Å². The third-order valence-electron chi connectivity index (χ3n) is 2.11. The number of hydrogen-bond acceptors (Lipinski definition) is 4. The van der Waals surface area contributed by atoms with Gasteiger partial charge < -0.3 is 0 Å². The van der Waals surface area contributed by atoms with Crippen LogP contribution >= 0.6 is 11.8 Å². The van der Waals surface area contributed by atoms with Gasteiger partial charge >= 0.3 is 6.18 Å². The fraction of sp³-hybridized carbons (Fsp3) is 0.300. The molecule has 17 heavy (non-hydrogen) atoms. The molecule has 92 valence electrons. The summed E-state index contributed by atoms with van der Waals surface area (Å²) in [6.07, 6.45) is -4.29. The Kier molecular flexibility index (Phi) is 3.46. The van der Waals surface area contributed by atoms with Crippen LogP contribution in [0.4, 0.5) is 18.9 Å². The fourth-order valence-corrected chi connectivity index (χ4v) is 1.96. The summed E-state index contributed by atoms with van der Waals surface area (Å²) in [5.74, 6) is 0.928. The summed E-state index contributed by atoms with van der Waals surface area (Å²) in [6.45, 7) is 0.766. The van der Waals surface area contributed by atoms with Crippen molar-refractivity contribution in [3.8, 4) is 0 Å². The van der Waals surface area contributed by atoms with Crippen LogP contribution < -0.4 is 10.9 Å². The zero-order valence-electron chi connectivity index (χ0n) is 8.71. The van der Waals surface area contributed by atoms with Crippen molar-refractivity contribution < 1.29 is 13.2 Å². The van der Waals surface area contributed by atoms with Gasteiger partial charge in [0.25, 0.3) is 0 Å². The number of halogens is 3. The molecule has 1 aliphatic rings. The summed E-state index contributed by atoms with van der Waals surface area (Å²) in [7, 11) is 0. The van der Waals surface area contributed by atoms with Crippen molar-refractivity contribution >= 4 is 22.6 Å². The molecule has 0 aromatic heterocycles. The lowest BCUT2D eigenvalue weighted by molar-refractivity contribution is -0.137. The number of nitrogens with one attached hydrogen (secondary N) is 2. The molecule has 1 aliphatic heterocycles. The molecular formula is C10H10F3N3S. The predicted octanol–water partition coefficient (Wildman–Crippen LogP) is 2.72. The summed E-state index contributed by atoms with van der Waals surface area (Å²) in [5.41, 5.74) is 5.54. The monoisotopic (exact) mass is 261 g/mol. The molecular weight excluding hydrogens is 251 g/mol. The van der Waals surface area contributed by atoms with Crippen LogP contribution in [0.3, 0.4) is 0 Å². The van der Waals surface area contributed by atoms with Crippen molar-refractivity contribution in [3.63, 3.8) is 0 Å². The van der Waals surface area contributed by atoms with Crippen LogP contribution in [0.25, 0.3) is 0 Å². The molecule has 1 aromatic carbocycles. The number of benzene rings is 1. The second-order valence-electron chi connectivity index (χ2n) is 3.36. The first-order valence-electron chi connectivity index (χ1n) is 4.92. The molecule has 0 saturated carbocycles. The third-order valence-corrected chi connectivity index (χ3v) is 3.00. The quantitative estimate of drug-likeness (QED) is 0.804. The van der Waals surface area contributed by atoms with E-state index in [2.05, 4.69) is 15.8 Å². The van der Waals surface area contributed by atoms with Crippen molar-refractivity contribution in [2.45, 2.75) is 6.18 Å². The minimum absolute atomic E-state index is 0.563. The molecule has 7 heteroatoms. The van der Waals surface area contributed by atoms with E-state index < -0.39 is 11.7 Å². The molecule has 0 bridgehead atoms. The van der Waals surface area contributed by atoms with E-state index in [1.54, 1.807) is 11.8 Å². The Morgan fingerprint density at radius 1 is 1.12 bits per heavy atom. The summed E-state index contributed by atoms with van der Waals surface area (Å²) in [5, 5.41) is 0.755. The number of aliphatic imine (C=N–C) groups is 1. The highest BCUT2D eigenvalue weighted by molar-refractivity contribution is 8.14. The van der Waals surface area contributed by atoms with E-state index in [1.807, 2.05) is 0 Å². The topological polar surface area (TPSA) is 36.4 Å². The normalized spacial score (nSPS) is 15.6. The van der Waals surface area contributed by atoms with Crippen LogP contribution in [0.15, 0.2) is 29.3 Å². The Balaban J connectivity index is 1.94. The maximum absolute atomic E-state index is 12.3. The maximum atomic E-state index is 12.3. The summed E-state index contributed by atoms with van der Waals surface area (Å²) in [4.78, 5) is 4.13. The minimum atomic E-state index is -4.29. The molecule has 0 radical (unpaired) electrons. The molecule has 1 aromatic rings. The Hall–Kier alpha value is -1.37. The van der Waals surface area contributed by atoms with Gasteiger partial charge in [0.2, 0.25) is 0 Å². The number of anilines is 1. The SMILES string of the molecule is FC(F)(F)c1ccc(NNC2=NCCS2)cc1. The second kappa shape index (κ2) is 4.87. The first kappa shape index (κ1) is 12.1. The number of rotatable bonds is 2. The average molecular weight is 261 g/mol. The van der Waals surface area contributed by atoms with E-state index in [4.69, 9.17) is 0 Å².